The van der Waals surface area contributed by atoms with Crippen molar-refractivity contribution in [2.75, 3.05) is 0 Å². The second-order valence-electron chi connectivity index (χ2n) is 6.51. The molecule has 0 radical (unpaired) electrons. The van der Waals surface area contributed by atoms with Gasteiger partial charge in [0.25, 0.3) is 0 Å². The van der Waals surface area contributed by atoms with Gasteiger partial charge in [-0.15, -0.1) is 0 Å². The van der Waals surface area contributed by atoms with Crippen molar-refractivity contribution in [1.82, 2.24) is 4.98 Å². The molecule has 124 valence electrons. The Kier molecular flexibility index (Phi) is 4.70. The number of carbonyl (C=O) groups excluding carboxylic acids is 1. The molecule has 0 bridgehead atoms. The minimum absolute atomic E-state index is 0.197. The van der Waals surface area contributed by atoms with Crippen LogP contribution in [0.2, 0.25) is 0 Å². The van der Waals surface area contributed by atoms with Gasteiger partial charge < -0.3 is 9.72 Å². The lowest BCUT2D eigenvalue weighted by atomic mass is 9.98. The molecule has 0 spiro atoms. The Bertz CT molecular complexity index is 861. The lowest BCUT2D eigenvalue weighted by molar-refractivity contribution is -0.134. The topological polar surface area (TPSA) is 42.1 Å². The van der Waals surface area contributed by atoms with Crippen LogP contribution in [-0.4, -0.2) is 11.0 Å². The summed E-state index contributed by atoms with van der Waals surface area (Å²) in [5, 5.41) is 1.17. The number of carbonyl (C=O) groups is 1. The molecule has 0 amide bonds. The fourth-order valence-electron chi connectivity index (χ4n) is 3.12. The molecule has 1 heterocycles. The highest BCUT2D eigenvalue weighted by Gasteiger charge is 2.10. The van der Waals surface area contributed by atoms with Crippen LogP contribution in [0.3, 0.4) is 0 Å². The van der Waals surface area contributed by atoms with Crippen molar-refractivity contribution < 1.29 is 9.53 Å². The number of esters is 1. The number of para-hydroxylation sites is 1. The number of fused-ring (bicyclic) bond motifs is 1. The summed E-state index contributed by atoms with van der Waals surface area (Å²) in [6.07, 6.45) is 3.01. The van der Waals surface area contributed by atoms with Gasteiger partial charge in [0, 0.05) is 17.1 Å². The number of aromatic nitrogens is 1. The molecule has 0 aliphatic rings. The molecule has 0 fully saturated rings. The summed E-state index contributed by atoms with van der Waals surface area (Å²) in [7, 11) is 0. The average Bonchev–Trinajstić information content (AvgIpc) is 2.96. The van der Waals surface area contributed by atoms with E-state index in [1.165, 1.54) is 10.9 Å². The van der Waals surface area contributed by atoms with Crippen molar-refractivity contribution in [3.8, 4) is 5.75 Å². The van der Waals surface area contributed by atoms with Gasteiger partial charge in [0.05, 0.1) is 6.42 Å². The van der Waals surface area contributed by atoms with Gasteiger partial charge in [-0.05, 0) is 54.2 Å². The van der Waals surface area contributed by atoms with Crippen LogP contribution in [0.15, 0.2) is 48.7 Å². The largest absolute Gasteiger partial charge is 0.427 e. The highest BCUT2D eigenvalue weighted by molar-refractivity contribution is 5.83. The van der Waals surface area contributed by atoms with E-state index in [-0.39, 0.29) is 5.97 Å². The van der Waals surface area contributed by atoms with Crippen molar-refractivity contribution in [3.63, 3.8) is 0 Å². The first kappa shape index (κ1) is 16.3. The number of aryl methyl sites for hydroxylation is 2. The van der Waals surface area contributed by atoms with Crippen LogP contribution in [0.25, 0.3) is 10.9 Å². The standard InChI is InChI=1S/C21H23NO2/c1-14(2)18-10-9-17(12-15(18)3)24-21(23)11-8-16-13-22-20-7-5-4-6-19(16)20/h4-7,9-10,12-14,22H,8,11H2,1-3H3. The number of aromatic amines is 1. The first-order valence-corrected chi connectivity index (χ1v) is 8.41. The van der Waals surface area contributed by atoms with Gasteiger partial charge in [0.15, 0.2) is 0 Å². The third kappa shape index (κ3) is 3.51. The highest BCUT2D eigenvalue weighted by atomic mass is 16.5. The number of H-pyrrole nitrogens is 1. The van der Waals surface area contributed by atoms with E-state index in [1.54, 1.807) is 0 Å². The Morgan fingerprint density at radius 3 is 2.71 bits per heavy atom. The molecule has 0 atom stereocenters. The first-order valence-electron chi connectivity index (χ1n) is 8.41. The van der Waals surface area contributed by atoms with Gasteiger partial charge in [-0.25, -0.2) is 0 Å². The lowest BCUT2D eigenvalue weighted by Gasteiger charge is -2.11. The van der Waals surface area contributed by atoms with E-state index in [9.17, 15) is 4.79 Å². The first-order chi connectivity index (χ1) is 11.5. The summed E-state index contributed by atoms with van der Waals surface area (Å²) < 4.78 is 5.49. The number of hydrogen-bond donors (Lipinski definition) is 1. The molecule has 3 aromatic rings. The van der Waals surface area contributed by atoms with Gasteiger partial charge in [-0.3, -0.25) is 4.79 Å². The molecular weight excluding hydrogens is 298 g/mol. The van der Waals surface area contributed by atoms with Crippen molar-refractivity contribution in [2.24, 2.45) is 0 Å². The average molecular weight is 321 g/mol. The summed E-state index contributed by atoms with van der Waals surface area (Å²) in [6.45, 7) is 6.38. The number of rotatable bonds is 5. The summed E-state index contributed by atoms with van der Waals surface area (Å²) in [5.41, 5.74) is 4.69. The van der Waals surface area contributed by atoms with Gasteiger partial charge >= 0.3 is 5.97 Å². The fraction of sp³-hybridized carbons (Fsp3) is 0.286. The summed E-state index contributed by atoms with van der Waals surface area (Å²) >= 11 is 0. The molecule has 2 aromatic carbocycles. The third-order valence-corrected chi connectivity index (χ3v) is 4.37. The number of nitrogens with one attached hydrogen (secondary N) is 1. The SMILES string of the molecule is Cc1cc(OC(=O)CCc2c[nH]c3ccccc23)ccc1C(C)C. The zero-order valence-electron chi connectivity index (χ0n) is 14.4. The van der Waals surface area contributed by atoms with Crippen LogP contribution in [0.4, 0.5) is 0 Å². The van der Waals surface area contributed by atoms with Crippen LogP contribution >= 0.6 is 0 Å². The summed E-state index contributed by atoms with van der Waals surface area (Å²) in [4.78, 5) is 15.4. The molecular formula is C21H23NO2. The summed E-state index contributed by atoms with van der Waals surface area (Å²) in [5.74, 6) is 0.898. The predicted octanol–water partition coefficient (Wildman–Crippen LogP) is 5.14. The van der Waals surface area contributed by atoms with E-state index in [2.05, 4.69) is 31.8 Å². The maximum Gasteiger partial charge on any atom is 0.311 e. The molecule has 24 heavy (non-hydrogen) atoms. The minimum atomic E-state index is -0.197. The van der Waals surface area contributed by atoms with E-state index in [0.29, 0.717) is 24.5 Å². The molecule has 1 aromatic heterocycles. The molecule has 0 saturated heterocycles. The number of ether oxygens (including phenoxy) is 1. The van der Waals surface area contributed by atoms with Crippen molar-refractivity contribution in [1.29, 1.82) is 0 Å². The van der Waals surface area contributed by atoms with Crippen LogP contribution in [-0.2, 0) is 11.2 Å². The van der Waals surface area contributed by atoms with Crippen LogP contribution in [0.5, 0.6) is 5.75 Å². The minimum Gasteiger partial charge on any atom is -0.427 e. The molecule has 0 aliphatic heterocycles. The molecule has 0 unspecified atom stereocenters. The lowest BCUT2D eigenvalue weighted by Crippen LogP contribution is -2.09. The fourth-order valence-corrected chi connectivity index (χ4v) is 3.12. The van der Waals surface area contributed by atoms with Crippen LogP contribution < -0.4 is 4.74 Å². The molecule has 3 heteroatoms. The Labute approximate surface area is 142 Å². The van der Waals surface area contributed by atoms with Crippen molar-refractivity contribution >= 4 is 16.9 Å². The monoisotopic (exact) mass is 321 g/mol. The van der Waals surface area contributed by atoms with Gasteiger partial charge in [-0.1, -0.05) is 38.1 Å². The van der Waals surface area contributed by atoms with Crippen molar-refractivity contribution in [2.45, 2.75) is 39.5 Å². The number of hydrogen-bond acceptors (Lipinski definition) is 2. The second-order valence-corrected chi connectivity index (χ2v) is 6.51. The molecule has 3 nitrogen and oxygen atoms in total. The second kappa shape index (κ2) is 6.91. The summed E-state index contributed by atoms with van der Waals surface area (Å²) in [6, 6.07) is 14.0. The Morgan fingerprint density at radius 1 is 1.17 bits per heavy atom. The molecule has 1 N–H and O–H groups in total. The maximum absolute atomic E-state index is 12.1. The zero-order chi connectivity index (χ0) is 17.1. The number of benzene rings is 2. The Hall–Kier alpha value is -2.55. The smallest absolute Gasteiger partial charge is 0.311 e. The van der Waals surface area contributed by atoms with Gasteiger partial charge in [0.2, 0.25) is 0 Å². The van der Waals surface area contributed by atoms with Gasteiger partial charge in [0.1, 0.15) is 5.75 Å². The maximum atomic E-state index is 12.1. The normalized spacial score (nSPS) is 11.2. The Morgan fingerprint density at radius 2 is 1.96 bits per heavy atom. The van der Waals surface area contributed by atoms with E-state index in [1.807, 2.05) is 42.6 Å². The quantitative estimate of drug-likeness (QED) is 0.522. The third-order valence-electron chi connectivity index (χ3n) is 4.37. The van der Waals surface area contributed by atoms with E-state index >= 15 is 0 Å². The van der Waals surface area contributed by atoms with E-state index < -0.39 is 0 Å². The molecule has 3 rings (SSSR count). The van der Waals surface area contributed by atoms with Crippen LogP contribution in [0.1, 0.15) is 42.9 Å². The van der Waals surface area contributed by atoms with E-state index in [0.717, 1.165) is 16.6 Å². The molecule has 0 saturated carbocycles. The molecule has 0 aliphatic carbocycles. The zero-order valence-corrected chi connectivity index (χ0v) is 14.4. The van der Waals surface area contributed by atoms with Gasteiger partial charge in [-0.2, -0.15) is 0 Å². The van der Waals surface area contributed by atoms with Crippen molar-refractivity contribution in [3.05, 3.63) is 65.4 Å². The van der Waals surface area contributed by atoms with E-state index in [4.69, 9.17) is 4.74 Å². The highest BCUT2D eigenvalue weighted by Crippen LogP contribution is 2.24. The predicted molar refractivity (Wildman–Crippen MR) is 97.5 cm³/mol. The Balaban J connectivity index is 1.63. The van der Waals surface area contributed by atoms with Crippen LogP contribution in [0, 0.1) is 6.92 Å².